The highest BCUT2D eigenvalue weighted by Gasteiger charge is 2.35. The van der Waals surface area contributed by atoms with Gasteiger partial charge in [-0.15, -0.1) is 0 Å². The highest BCUT2D eigenvalue weighted by atomic mass is 35.5. The molecule has 0 spiro atoms. The van der Waals surface area contributed by atoms with Crippen molar-refractivity contribution in [1.82, 2.24) is 0 Å². The zero-order valence-electron chi connectivity index (χ0n) is 18.6. The molecule has 4 rings (SSSR count). The van der Waals surface area contributed by atoms with E-state index >= 15 is 0 Å². The molecule has 2 aliphatic carbocycles. The van der Waals surface area contributed by atoms with Gasteiger partial charge in [0.2, 0.25) is 0 Å². The fraction of sp³-hybridized carbons (Fsp3) is 0.704. The molecule has 0 bridgehead atoms. The molecule has 30 heavy (non-hydrogen) atoms. The van der Waals surface area contributed by atoms with Gasteiger partial charge in [-0.3, -0.25) is 0 Å². The second-order valence-electron chi connectivity index (χ2n) is 9.85. The summed E-state index contributed by atoms with van der Waals surface area (Å²) >= 11 is 6.06. The van der Waals surface area contributed by atoms with Crippen molar-refractivity contribution in [3.8, 4) is 0 Å². The molecule has 1 aliphatic heterocycles. The minimum Gasteiger partial charge on any atom is -0.352 e. The van der Waals surface area contributed by atoms with Gasteiger partial charge in [0.05, 0.1) is 13.2 Å². The van der Waals surface area contributed by atoms with Gasteiger partial charge in [-0.05, 0) is 93.2 Å². The van der Waals surface area contributed by atoms with Crippen molar-refractivity contribution in [2.45, 2.75) is 83.3 Å². The first-order valence-corrected chi connectivity index (χ1v) is 12.8. The van der Waals surface area contributed by atoms with Crippen LogP contribution in [0.25, 0.3) is 0 Å². The fourth-order valence-electron chi connectivity index (χ4n) is 5.92. The van der Waals surface area contributed by atoms with Gasteiger partial charge in [0.15, 0.2) is 6.29 Å². The third-order valence-corrected chi connectivity index (χ3v) is 8.05. The summed E-state index contributed by atoms with van der Waals surface area (Å²) in [5.41, 5.74) is 1.48. The van der Waals surface area contributed by atoms with E-state index < -0.39 is 0 Å². The first-order chi connectivity index (χ1) is 14.7. The van der Waals surface area contributed by atoms with Crippen LogP contribution in [0.1, 0.15) is 82.6 Å². The maximum atomic E-state index is 6.13. The molecule has 1 saturated heterocycles. The van der Waals surface area contributed by atoms with Crippen molar-refractivity contribution in [3.63, 3.8) is 0 Å². The quantitative estimate of drug-likeness (QED) is 0.429. The smallest absolute Gasteiger partial charge is 0.160 e. The van der Waals surface area contributed by atoms with Crippen LogP contribution in [0.5, 0.6) is 0 Å². The summed E-state index contributed by atoms with van der Waals surface area (Å²) in [5.74, 6) is 3.63. The summed E-state index contributed by atoms with van der Waals surface area (Å²) in [4.78, 5) is 0. The fourth-order valence-corrected chi connectivity index (χ4v) is 6.05. The lowest BCUT2D eigenvalue weighted by Gasteiger charge is -2.41. The van der Waals surface area contributed by atoms with E-state index in [0.29, 0.717) is 11.8 Å². The van der Waals surface area contributed by atoms with E-state index in [0.717, 1.165) is 42.4 Å². The monoisotopic (exact) mass is 430 g/mol. The van der Waals surface area contributed by atoms with Gasteiger partial charge in [-0.2, -0.15) is 0 Å². The van der Waals surface area contributed by atoms with E-state index in [1.165, 1.54) is 63.4 Å². The lowest BCUT2D eigenvalue weighted by Crippen LogP contribution is -2.38. The van der Waals surface area contributed by atoms with Crippen molar-refractivity contribution in [2.75, 3.05) is 13.2 Å². The van der Waals surface area contributed by atoms with E-state index in [-0.39, 0.29) is 6.29 Å². The first-order valence-electron chi connectivity index (χ1n) is 12.4. The van der Waals surface area contributed by atoms with E-state index in [2.05, 4.69) is 31.2 Å². The van der Waals surface area contributed by atoms with Crippen molar-refractivity contribution >= 4 is 11.6 Å². The minimum atomic E-state index is 0.0439. The average Bonchev–Trinajstić information content (AvgIpc) is 2.81. The van der Waals surface area contributed by atoms with Crippen LogP contribution >= 0.6 is 11.6 Å². The third-order valence-electron chi connectivity index (χ3n) is 7.79. The molecule has 3 aliphatic rings. The Morgan fingerprint density at radius 1 is 0.833 bits per heavy atom. The van der Waals surface area contributed by atoms with Crippen LogP contribution in [-0.4, -0.2) is 19.5 Å². The summed E-state index contributed by atoms with van der Waals surface area (Å²) in [5, 5.41) is 0.846. The summed E-state index contributed by atoms with van der Waals surface area (Å²) in [6.07, 6.45) is 17.7. The first kappa shape index (κ1) is 22.4. The molecule has 1 aromatic rings. The van der Waals surface area contributed by atoms with Crippen molar-refractivity contribution in [1.29, 1.82) is 0 Å². The maximum Gasteiger partial charge on any atom is 0.160 e. The van der Waals surface area contributed by atoms with Crippen LogP contribution in [0, 0.1) is 23.7 Å². The summed E-state index contributed by atoms with van der Waals surface area (Å²) in [7, 11) is 0. The number of unbranched alkanes of at least 4 members (excludes halogenated alkanes) is 1. The molecule has 0 unspecified atom stereocenters. The number of hydrogen-bond donors (Lipinski definition) is 0. The number of benzene rings is 1. The van der Waals surface area contributed by atoms with Crippen LogP contribution in [0.15, 0.2) is 36.4 Å². The van der Waals surface area contributed by atoms with Crippen LogP contribution in [-0.2, 0) is 9.47 Å². The zero-order chi connectivity index (χ0) is 20.8. The predicted molar refractivity (Wildman–Crippen MR) is 125 cm³/mol. The average molecular weight is 431 g/mol. The van der Waals surface area contributed by atoms with Crippen LogP contribution < -0.4 is 0 Å². The molecule has 1 aromatic carbocycles. The Balaban J connectivity index is 1.17. The van der Waals surface area contributed by atoms with Gasteiger partial charge in [0, 0.05) is 16.9 Å². The largest absolute Gasteiger partial charge is 0.352 e. The Labute approximate surface area is 188 Å². The molecule has 0 amide bonds. The topological polar surface area (TPSA) is 18.5 Å². The Morgan fingerprint density at radius 3 is 2.00 bits per heavy atom. The molecule has 3 heteroatoms. The lowest BCUT2D eigenvalue weighted by molar-refractivity contribution is -0.223. The summed E-state index contributed by atoms with van der Waals surface area (Å²) < 4.78 is 12.3. The normalized spacial score (nSPS) is 35.5. The van der Waals surface area contributed by atoms with Gasteiger partial charge in [-0.25, -0.2) is 0 Å². The number of halogens is 1. The van der Waals surface area contributed by atoms with E-state index in [1.807, 2.05) is 12.1 Å². The number of allylic oxidation sites excluding steroid dienone is 1. The molecule has 0 radical (unpaired) electrons. The SMILES string of the molecule is CCC/C=C/C1COC(C2CCC(C3CCC(c4ccc(Cl)cc4)CC3)CC2)OC1. The molecule has 2 nitrogen and oxygen atoms in total. The number of rotatable bonds is 6. The van der Waals surface area contributed by atoms with Gasteiger partial charge < -0.3 is 9.47 Å². The second-order valence-corrected chi connectivity index (χ2v) is 10.3. The van der Waals surface area contributed by atoms with E-state index in [9.17, 15) is 0 Å². The van der Waals surface area contributed by atoms with Crippen molar-refractivity contribution in [3.05, 3.63) is 47.0 Å². The van der Waals surface area contributed by atoms with Gasteiger partial charge in [0.1, 0.15) is 0 Å². The predicted octanol–water partition coefficient (Wildman–Crippen LogP) is 7.77. The van der Waals surface area contributed by atoms with Crippen molar-refractivity contribution in [2.24, 2.45) is 23.7 Å². The van der Waals surface area contributed by atoms with Gasteiger partial charge >= 0.3 is 0 Å². The number of hydrogen-bond acceptors (Lipinski definition) is 2. The Bertz CT molecular complexity index is 646. The molecule has 2 saturated carbocycles. The molecule has 166 valence electrons. The highest BCUT2D eigenvalue weighted by Crippen LogP contribution is 2.45. The standard InChI is InChI=1S/C27H39ClO2/c1-2-3-4-5-20-18-29-27(30-19-20)25-12-10-23(11-13-25)21-6-8-22(9-7-21)24-14-16-26(28)17-15-24/h4-5,14-17,20-23,25,27H,2-3,6-13,18-19H2,1H3/b5-4+. The van der Waals surface area contributed by atoms with Gasteiger partial charge in [0.25, 0.3) is 0 Å². The molecule has 0 aromatic heterocycles. The lowest BCUT2D eigenvalue weighted by atomic mass is 9.68. The van der Waals surface area contributed by atoms with Gasteiger partial charge in [-0.1, -0.05) is 49.2 Å². The van der Waals surface area contributed by atoms with Crippen LogP contribution in [0.2, 0.25) is 5.02 Å². The minimum absolute atomic E-state index is 0.0439. The molecule has 0 atom stereocenters. The van der Waals surface area contributed by atoms with Crippen LogP contribution in [0.3, 0.4) is 0 Å². The molecule has 0 N–H and O–H groups in total. The Kier molecular flexibility index (Phi) is 8.32. The van der Waals surface area contributed by atoms with Crippen molar-refractivity contribution < 1.29 is 9.47 Å². The van der Waals surface area contributed by atoms with E-state index in [4.69, 9.17) is 21.1 Å². The highest BCUT2D eigenvalue weighted by molar-refractivity contribution is 6.30. The molecule has 3 fully saturated rings. The summed E-state index contributed by atoms with van der Waals surface area (Å²) in [6, 6.07) is 8.55. The molecular formula is C27H39ClO2. The van der Waals surface area contributed by atoms with E-state index in [1.54, 1.807) is 0 Å². The Hall–Kier alpha value is -0.830. The Morgan fingerprint density at radius 2 is 1.40 bits per heavy atom. The summed E-state index contributed by atoms with van der Waals surface area (Å²) in [6.45, 7) is 3.88. The second kappa shape index (κ2) is 11.2. The third kappa shape index (κ3) is 5.90. The number of ether oxygens (including phenoxy) is 2. The molecule has 1 heterocycles. The van der Waals surface area contributed by atoms with Crippen LogP contribution in [0.4, 0.5) is 0 Å². The molecular weight excluding hydrogens is 392 g/mol. The maximum absolute atomic E-state index is 6.13. The zero-order valence-corrected chi connectivity index (χ0v) is 19.4.